The number of hydrogen-bond donors (Lipinski definition) is 0. The number of nitriles is 2. The van der Waals surface area contributed by atoms with E-state index in [1.807, 2.05) is 6.07 Å². The van der Waals surface area contributed by atoms with Crippen LogP contribution in [0.4, 0.5) is 0 Å². The molecule has 1 atom stereocenters. The number of hydrogen-bond acceptors (Lipinski definition) is 3. The van der Waals surface area contributed by atoms with Gasteiger partial charge < -0.3 is 4.57 Å². The van der Waals surface area contributed by atoms with E-state index in [2.05, 4.69) is 11.1 Å². The highest BCUT2D eigenvalue weighted by molar-refractivity contribution is 5.12. The molecular formula is C10H10N4. The largest absolute Gasteiger partial charge is 0.321 e. The van der Waals surface area contributed by atoms with E-state index in [1.54, 1.807) is 17.0 Å². The van der Waals surface area contributed by atoms with E-state index >= 15 is 0 Å². The second-order valence-corrected chi connectivity index (χ2v) is 3.59. The predicted molar refractivity (Wildman–Crippen MR) is 48.8 cm³/mol. The number of rotatable bonds is 3. The Kier molecular flexibility index (Phi) is 2.20. The molecule has 1 aromatic heterocycles. The number of aromatic nitrogens is 2. The summed E-state index contributed by atoms with van der Waals surface area (Å²) in [6.07, 6.45) is 5.65. The van der Waals surface area contributed by atoms with Crippen LogP contribution in [0.3, 0.4) is 0 Å². The van der Waals surface area contributed by atoms with Crippen molar-refractivity contribution in [2.45, 2.75) is 19.4 Å². The molecule has 1 aliphatic rings. The van der Waals surface area contributed by atoms with Gasteiger partial charge in [0, 0.05) is 18.9 Å². The van der Waals surface area contributed by atoms with Crippen molar-refractivity contribution in [3.8, 4) is 12.1 Å². The monoisotopic (exact) mass is 186 g/mol. The van der Waals surface area contributed by atoms with Crippen LogP contribution in [0.15, 0.2) is 12.4 Å². The quantitative estimate of drug-likeness (QED) is 0.714. The maximum atomic E-state index is 8.93. The van der Waals surface area contributed by atoms with Gasteiger partial charge in [0.2, 0.25) is 5.82 Å². The summed E-state index contributed by atoms with van der Waals surface area (Å²) < 4.78 is 1.76. The molecule has 0 aromatic carbocycles. The van der Waals surface area contributed by atoms with Gasteiger partial charge in [-0.05, 0) is 18.8 Å². The van der Waals surface area contributed by atoms with Crippen molar-refractivity contribution < 1.29 is 0 Å². The van der Waals surface area contributed by atoms with E-state index in [4.69, 9.17) is 10.5 Å². The zero-order chi connectivity index (χ0) is 9.97. The molecule has 4 heteroatoms. The molecule has 0 saturated heterocycles. The fraction of sp³-hybridized carbons (Fsp3) is 0.500. The maximum Gasteiger partial charge on any atom is 0.212 e. The van der Waals surface area contributed by atoms with Crippen LogP contribution in [0.25, 0.3) is 0 Å². The molecule has 14 heavy (non-hydrogen) atoms. The van der Waals surface area contributed by atoms with Crippen LogP contribution in [-0.4, -0.2) is 9.55 Å². The molecular weight excluding hydrogens is 176 g/mol. The van der Waals surface area contributed by atoms with E-state index in [0.717, 1.165) is 12.8 Å². The molecule has 4 nitrogen and oxygen atoms in total. The SMILES string of the molecule is N#Cc1nccn1CC(C#N)C1CC1. The molecule has 0 radical (unpaired) electrons. The zero-order valence-corrected chi connectivity index (χ0v) is 7.72. The van der Waals surface area contributed by atoms with Crippen LogP contribution in [0.1, 0.15) is 18.7 Å². The predicted octanol–water partition coefficient (Wildman–Crippen LogP) is 1.30. The summed E-state index contributed by atoms with van der Waals surface area (Å²) in [5.41, 5.74) is 0. The molecule has 70 valence electrons. The van der Waals surface area contributed by atoms with Gasteiger partial charge >= 0.3 is 0 Å². The smallest absolute Gasteiger partial charge is 0.212 e. The van der Waals surface area contributed by atoms with Crippen molar-refractivity contribution in [1.82, 2.24) is 9.55 Å². The van der Waals surface area contributed by atoms with Crippen LogP contribution in [-0.2, 0) is 6.54 Å². The normalized spacial score (nSPS) is 17.0. The van der Waals surface area contributed by atoms with Crippen molar-refractivity contribution in [2.75, 3.05) is 0 Å². The fourth-order valence-electron chi connectivity index (χ4n) is 1.58. The summed E-state index contributed by atoms with van der Waals surface area (Å²) >= 11 is 0. The van der Waals surface area contributed by atoms with Gasteiger partial charge in [0.1, 0.15) is 6.07 Å². The molecule has 0 aliphatic heterocycles. The Bertz CT molecular complexity index is 402. The number of nitrogens with zero attached hydrogens (tertiary/aromatic N) is 4. The van der Waals surface area contributed by atoms with Gasteiger partial charge in [0.15, 0.2) is 0 Å². The zero-order valence-electron chi connectivity index (χ0n) is 7.72. The summed E-state index contributed by atoms with van der Waals surface area (Å²) in [5.74, 6) is 0.969. The highest BCUT2D eigenvalue weighted by Crippen LogP contribution is 2.37. The van der Waals surface area contributed by atoms with E-state index in [-0.39, 0.29) is 5.92 Å². The Morgan fingerprint density at radius 2 is 2.36 bits per heavy atom. The van der Waals surface area contributed by atoms with Crippen molar-refractivity contribution >= 4 is 0 Å². The highest BCUT2D eigenvalue weighted by atomic mass is 15.1. The van der Waals surface area contributed by atoms with Crippen molar-refractivity contribution in [2.24, 2.45) is 11.8 Å². The second kappa shape index (κ2) is 3.51. The van der Waals surface area contributed by atoms with Crippen molar-refractivity contribution in [3.63, 3.8) is 0 Å². The van der Waals surface area contributed by atoms with Crippen LogP contribution < -0.4 is 0 Å². The van der Waals surface area contributed by atoms with Crippen LogP contribution in [0.5, 0.6) is 0 Å². The lowest BCUT2D eigenvalue weighted by atomic mass is 10.1. The standard InChI is InChI=1S/C10H10N4/c11-5-9(8-1-2-8)7-14-4-3-13-10(14)6-12/h3-4,8-9H,1-2,7H2. The van der Waals surface area contributed by atoms with Crippen LogP contribution >= 0.6 is 0 Å². The maximum absolute atomic E-state index is 8.93. The first-order valence-corrected chi connectivity index (χ1v) is 4.66. The van der Waals surface area contributed by atoms with Gasteiger partial charge in [-0.2, -0.15) is 10.5 Å². The first kappa shape index (κ1) is 8.77. The molecule has 1 aliphatic carbocycles. The topological polar surface area (TPSA) is 65.4 Å². The lowest BCUT2D eigenvalue weighted by Crippen LogP contribution is -2.11. The average molecular weight is 186 g/mol. The van der Waals surface area contributed by atoms with Crippen molar-refractivity contribution in [3.05, 3.63) is 18.2 Å². The van der Waals surface area contributed by atoms with E-state index in [0.29, 0.717) is 18.3 Å². The molecule has 0 amide bonds. The molecule has 1 saturated carbocycles. The first-order valence-electron chi connectivity index (χ1n) is 4.66. The van der Waals surface area contributed by atoms with Gasteiger partial charge in [-0.25, -0.2) is 4.98 Å². The third kappa shape index (κ3) is 1.60. The highest BCUT2D eigenvalue weighted by Gasteiger charge is 2.31. The first-order chi connectivity index (χ1) is 6.85. The third-order valence-corrected chi connectivity index (χ3v) is 2.57. The Morgan fingerprint density at radius 3 is 2.93 bits per heavy atom. The van der Waals surface area contributed by atoms with Gasteiger partial charge in [0.25, 0.3) is 0 Å². The minimum absolute atomic E-state index is 0.0382. The minimum atomic E-state index is 0.0382. The molecule has 0 spiro atoms. The Hall–Kier alpha value is -1.81. The molecule has 2 rings (SSSR count). The molecule has 1 fully saturated rings. The van der Waals surface area contributed by atoms with Gasteiger partial charge in [-0.3, -0.25) is 0 Å². The Labute approximate surface area is 82.4 Å². The molecule has 1 heterocycles. The number of imidazole rings is 1. The summed E-state index contributed by atoms with van der Waals surface area (Å²) in [4.78, 5) is 3.89. The van der Waals surface area contributed by atoms with Gasteiger partial charge in [-0.1, -0.05) is 0 Å². The molecule has 0 N–H and O–H groups in total. The average Bonchev–Trinajstić information content (AvgIpc) is 2.95. The molecule has 1 unspecified atom stereocenters. The molecule has 0 bridgehead atoms. The molecule has 1 aromatic rings. The van der Waals surface area contributed by atoms with E-state index < -0.39 is 0 Å². The van der Waals surface area contributed by atoms with Gasteiger partial charge in [-0.15, -0.1) is 0 Å². The Balaban J connectivity index is 2.10. The van der Waals surface area contributed by atoms with E-state index in [9.17, 15) is 0 Å². The summed E-state index contributed by atoms with van der Waals surface area (Å²) in [6.45, 7) is 0.601. The fourth-order valence-corrected chi connectivity index (χ4v) is 1.58. The minimum Gasteiger partial charge on any atom is -0.321 e. The Morgan fingerprint density at radius 1 is 1.57 bits per heavy atom. The van der Waals surface area contributed by atoms with Crippen molar-refractivity contribution in [1.29, 1.82) is 10.5 Å². The summed E-state index contributed by atoms with van der Waals surface area (Å²) in [5, 5.41) is 17.7. The lowest BCUT2D eigenvalue weighted by Gasteiger charge is -2.08. The second-order valence-electron chi connectivity index (χ2n) is 3.59. The van der Waals surface area contributed by atoms with E-state index in [1.165, 1.54) is 0 Å². The summed E-state index contributed by atoms with van der Waals surface area (Å²) in [7, 11) is 0. The summed E-state index contributed by atoms with van der Waals surface area (Å²) in [6, 6.07) is 4.30. The van der Waals surface area contributed by atoms with Crippen LogP contribution in [0.2, 0.25) is 0 Å². The third-order valence-electron chi connectivity index (χ3n) is 2.57. The van der Waals surface area contributed by atoms with Gasteiger partial charge in [0.05, 0.1) is 12.0 Å². The lowest BCUT2D eigenvalue weighted by molar-refractivity contribution is 0.484. The van der Waals surface area contributed by atoms with Crippen LogP contribution in [0, 0.1) is 34.5 Å².